The molecule has 2 aromatic rings. The Morgan fingerprint density at radius 3 is 3.25 bits per heavy atom. The number of nitrogens with one attached hydrogen (secondary N) is 1. The SMILES string of the molecule is O=Cc1ccc(-c2cnn3c2CNCC3)o1. The van der Waals surface area contributed by atoms with E-state index in [2.05, 4.69) is 10.4 Å². The summed E-state index contributed by atoms with van der Waals surface area (Å²) in [6, 6.07) is 3.47. The van der Waals surface area contributed by atoms with Gasteiger partial charge in [-0.1, -0.05) is 0 Å². The molecule has 0 saturated carbocycles. The summed E-state index contributed by atoms with van der Waals surface area (Å²) in [5.41, 5.74) is 2.07. The fourth-order valence-corrected chi connectivity index (χ4v) is 1.95. The van der Waals surface area contributed by atoms with Gasteiger partial charge in [-0.3, -0.25) is 9.48 Å². The highest BCUT2D eigenvalue weighted by Crippen LogP contribution is 2.26. The van der Waals surface area contributed by atoms with Crippen LogP contribution in [0, 0.1) is 0 Å². The Morgan fingerprint density at radius 2 is 2.44 bits per heavy atom. The highest BCUT2D eigenvalue weighted by Gasteiger charge is 2.17. The molecule has 0 bridgehead atoms. The number of fused-ring (bicyclic) bond motifs is 1. The van der Waals surface area contributed by atoms with Crippen LogP contribution in [0.25, 0.3) is 11.3 Å². The molecule has 1 aliphatic heterocycles. The Hall–Kier alpha value is -1.88. The number of aromatic nitrogens is 2. The van der Waals surface area contributed by atoms with Gasteiger partial charge < -0.3 is 9.73 Å². The predicted molar refractivity (Wildman–Crippen MR) is 57.0 cm³/mol. The van der Waals surface area contributed by atoms with Crippen LogP contribution in [-0.2, 0) is 13.1 Å². The summed E-state index contributed by atoms with van der Waals surface area (Å²) >= 11 is 0. The summed E-state index contributed by atoms with van der Waals surface area (Å²) in [5, 5.41) is 7.58. The molecule has 3 rings (SSSR count). The molecular weight excluding hydrogens is 206 g/mol. The molecule has 3 heterocycles. The number of hydrogen-bond acceptors (Lipinski definition) is 4. The number of aldehydes is 1. The minimum atomic E-state index is 0.346. The Balaban J connectivity index is 2.05. The smallest absolute Gasteiger partial charge is 0.185 e. The minimum Gasteiger partial charge on any atom is -0.453 e. The van der Waals surface area contributed by atoms with Gasteiger partial charge in [-0.05, 0) is 12.1 Å². The Kier molecular flexibility index (Phi) is 2.11. The monoisotopic (exact) mass is 217 g/mol. The van der Waals surface area contributed by atoms with Gasteiger partial charge in [-0.25, -0.2) is 0 Å². The van der Waals surface area contributed by atoms with Crippen molar-refractivity contribution < 1.29 is 9.21 Å². The van der Waals surface area contributed by atoms with Gasteiger partial charge in [-0.2, -0.15) is 5.10 Å². The van der Waals surface area contributed by atoms with E-state index in [1.54, 1.807) is 18.3 Å². The molecule has 0 fully saturated rings. The molecule has 5 heteroatoms. The number of furan rings is 1. The maximum Gasteiger partial charge on any atom is 0.185 e. The highest BCUT2D eigenvalue weighted by molar-refractivity contribution is 5.73. The molecule has 16 heavy (non-hydrogen) atoms. The first-order chi connectivity index (χ1) is 7.88. The Morgan fingerprint density at radius 1 is 1.50 bits per heavy atom. The molecule has 82 valence electrons. The summed E-state index contributed by atoms with van der Waals surface area (Å²) in [4.78, 5) is 10.6. The van der Waals surface area contributed by atoms with Crippen LogP contribution in [0.5, 0.6) is 0 Å². The first-order valence-corrected chi connectivity index (χ1v) is 5.19. The molecule has 0 saturated heterocycles. The van der Waals surface area contributed by atoms with Crippen molar-refractivity contribution in [2.75, 3.05) is 6.54 Å². The molecule has 0 aliphatic carbocycles. The molecule has 1 N–H and O–H groups in total. The van der Waals surface area contributed by atoms with E-state index in [0.29, 0.717) is 17.8 Å². The molecule has 0 spiro atoms. The van der Waals surface area contributed by atoms with Crippen LogP contribution in [0.4, 0.5) is 0 Å². The largest absolute Gasteiger partial charge is 0.453 e. The van der Waals surface area contributed by atoms with E-state index in [0.717, 1.165) is 30.9 Å². The minimum absolute atomic E-state index is 0.346. The number of rotatable bonds is 2. The van der Waals surface area contributed by atoms with Gasteiger partial charge in [0.25, 0.3) is 0 Å². The van der Waals surface area contributed by atoms with Crippen LogP contribution >= 0.6 is 0 Å². The topological polar surface area (TPSA) is 60.1 Å². The van der Waals surface area contributed by atoms with E-state index in [1.807, 2.05) is 4.68 Å². The van der Waals surface area contributed by atoms with Gasteiger partial charge in [0, 0.05) is 13.1 Å². The third-order valence-electron chi connectivity index (χ3n) is 2.75. The lowest BCUT2D eigenvalue weighted by atomic mass is 10.2. The van der Waals surface area contributed by atoms with Crippen LogP contribution in [0.2, 0.25) is 0 Å². The van der Waals surface area contributed by atoms with E-state index < -0.39 is 0 Å². The second-order valence-corrected chi connectivity index (χ2v) is 3.72. The molecule has 0 amide bonds. The summed E-state index contributed by atoms with van der Waals surface area (Å²) in [6.45, 7) is 2.59. The lowest BCUT2D eigenvalue weighted by Crippen LogP contribution is -2.28. The first kappa shape index (κ1) is 9.35. The number of hydrogen-bond donors (Lipinski definition) is 1. The second-order valence-electron chi connectivity index (χ2n) is 3.72. The van der Waals surface area contributed by atoms with Gasteiger partial charge in [-0.15, -0.1) is 0 Å². The van der Waals surface area contributed by atoms with Crippen molar-refractivity contribution in [3.05, 3.63) is 29.8 Å². The van der Waals surface area contributed by atoms with Crippen molar-refractivity contribution >= 4 is 6.29 Å². The average molecular weight is 217 g/mol. The van der Waals surface area contributed by atoms with Gasteiger partial charge in [0.2, 0.25) is 0 Å². The zero-order chi connectivity index (χ0) is 11.0. The van der Waals surface area contributed by atoms with Gasteiger partial charge in [0.1, 0.15) is 5.76 Å². The normalized spacial score (nSPS) is 14.8. The van der Waals surface area contributed by atoms with Crippen molar-refractivity contribution in [1.29, 1.82) is 0 Å². The molecule has 0 atom stereocenters. The van der Waals surface area contributed by atoms with E-state index in [1.165, 1.54) is 0 Å². The van der Waals surface area contributed by atoms with Crippen LogP contribution in [0.15, 0.2) is 22.7 Å². The second kappa shape index (κ2) is 3.61. The number of carbonyl (C=O) groups excluding carboxylic acids is 1. The quantitative estimate of drug-likeness (QED) is 0.764. The van der Waals surface area contributed by atoms with Crippen LogP contribution < -0.4 is 5.32 Å². The zero-order valence-corrected chi connectivity index (χ0v) is 8.64. The highest BCUT2D eigenvalue weighted by atomic mass is 16.3. The number of nitrogens with zero attached hydrogens (tertiary/aromatic N) is 2. The standard InChI is InChI=1S/C11H11N3O2/c15-7-8-1-2-11(16-8)9-5-13-14-4-3-12-6-10(9)14/h1-2,5,7,12H,3-4,6H2. The molecule has 0 radical (unpaired) electrons. The van der Waals surface area contributed by atoms with Crippen molar-refractivity contribution in [2.45, 2.75) is 13.1 Å². The third kappa shape index (κ3) is 1.37. The lowest BCUT2D eigenvalue weighted by molar-refractivity contribution is 0.110. The van der Waals surface area contributed by atoms with E-state index in [9.17, 15) is 4.79 Å². The van der Waals surface area contributed by atoms with Gasteiger partial charge >= 0.3 is 0 Å². The van der Waals surface area contributed by atoms with Crippen LogP contribution in [-0.4, -0.2) is 22.6 Å². The fourth-order valence-electron chi connectivity index (χ4n) is 1.95. The van der Waals surface area contributed by atoms with E-state index in [4.69, 9.17) is 4.42 Å². The van der Waals surface area contributed by atoms with E-state index >= 15 is 0 Å². The maximum absolute atomic E-state index is 10.6. The van der Waals surface area contributed by atoms with Crippen molar-refractivity contribution in [3.63, 3.8) is 0 Å². The first-order valence-electron chi connectivity index (χ1n) is 5.19. The molecule has 1 aliphatic rings. The van der Waals surface area contributed by atoms with Gasteiger partial charge in [0.05, 0.1) is 24.0 Å². The fraction of sp³-hybridized carbons (Fsp3) is 0.273. The van der Waals surface area contributed by atoms with Crippen molar-refractivity contribution in [3.8, 4) is 11.3 Å². The third-order valence-corrected chi connectivity index (χ3v) is 2.75. The summed E-state index contributed by atoms with van der Waals surface area (Å²) in [7, 11) is 0. The summed E-state index contributed by atoms with van der Waals surface area (Å²) in [5.74, 6) is 1.05. The molecule has 0 unspecified atom stereocenters. The molecular formula is C11H11N3O2. The predicted octanol–water partition coefficient (Wildman–Crippen LogP) is 1.06. The lowest BCUT2D eigenvalue weighted by Gasteiger charge is -2.15. The molecule has 2 aromatic heterocycles. The molecule has 0 aromatic carbocycles. The summed E-state index contributed by atoms with van der Waals surface area (Å²) < 4.78 is 7.36. The average Bonchev–Trinajstić information content (AvgIpc) is 2.94. The number of carbonyl (C=O) groups is 1. The van der Waals surface area contributed by atoms with Crippen molar-refractivity contribution in [2.24, 2.45) is 0 Å². The van der Waals surface area contributed by atoms with Gasteiger partial charge in [0.15, 0.2) is 12.0 Å². The summed E-state index contributed by atoms with van der Waals surface area (Å²) in [6.07, 6.45) is 2.49. The van der Waals surface area contributed by atoms with Crippen LogP contribution in [0.3, 0.4) is 0 Å². The zero-order valence-electron chi connectivity index (χ0n) is 8.64. The Bertz CT molecular complexity index is 527. The van der Waals surface area contributed by atoms with Crippen molar-refractivity contribution in [1.82, 2.24) is 15.1 Å². The maximum atomic E-state index is 10.6. The Labute approximate surface area is 92.1 Å². The van der Waals surface area contributed by atoms with Crippen LogP contribution in [0.1, 0.15) is 16.2 Å². The molecule has 5 nitrogen and oxygen atoms in total. The van der Waals surface area contributed by atoms with E-state index in [-0.39, 0.29) is 0 Å².